The number of thiazole rings is 1. The van der Waals surface area contributed by atoms with Crippen LogP contribution in [0.15, 0.2) is 52.1 Å². The molecule has 0 spiro atoms. The number of aromatic nitrogens is 1. The van der Waals surface area contributed by atoms with Crippen LogP contribution in [0.25, 0.3) is 9.88 Å². The van der Waals surface area contributed by atoms with Gasteiger partial charge in [-0.3, -0.25) is 4.79 Å². The molecule has 2 aromatic heterocycles. The Balaban J connectivity index is 1.45. The molecular weight excluding hydrogens is 453 g/mol. The molecule has 3 aromatic rings. The van der Waals surface area contributed by atoms with Crippen molar-refractivity contribution in [3.8, 4) is 9.88 Å². The molecular formula is C18H16FN3O3S4. The number of benzene rings is 1. The maximum atomic E-state index is 14.0. The highest BCUT2D eigenvalue weighted by Crippen LogP contribution is 2.30. The predicted octanol–water partition coefficient (Wildman–Crippen LogP) is 3.39. The third-order valence-electron chi connectivity index (χ3n) is 4.30. The minimum Gasteiger partial charge on any atom is -0.349 e. The Bertz CT molecular complexity index is 1120. The van der Waals surface area contributed by atoms with Gasteiger partial charge in [0.05, 0.1) is 23.0 Å². The number of rotatable bonds is 6. The molecule has 1 N–H and O–H groups in total. The van der Waals surface area contributed by atoms with Crippen LogP contribution < -0.4 is 5.32 Å². The van der Waals surface area contributed by atoms with E-state index in [9.17, 15) is 17.6 Å². The van der Waals surface area contributed by atoms with Gasteiger partial charge >= 0.3 is 0 Å². The van der Waals surface area contributed by atoms with E-state index in [-0.39, 0.29) is 12.4 Å². The first-order valence-corrected chi connectivity index (χ1v) is 12.9. The molecule has 11 heteroatoms. The summed E-state index contributed by atoms with van der Waals surface area (Å²) in [6, 6.07) is 8.23. The highest BCUT2D eigenvalue weighted by Gasteiger charge is 2.40. The van der Waals surface area contributed by atoms with Gasteiger partial charge < -0.3 is 5.32 Å². The molecule has 1 amide bonds. The van der Waals surface area contributed by atoms with Crippen molar-refractivity contribution < 1.29 is 17.6 Å². The zero-order valence-electron chi connectivity index (χ0n) is 14.9. The third kappa shape index (κ3) is 4.24. The Hall–Kier alpha value is -1.79. The zero-order chi connectivity index (χ0) is 20.4. The van der Waals surface area contributed by atoms with Crippen molar-refractivity contribution in [2.75, 3.05) is 11.6 Å². The average molecular weight is 470 g/mol. The number of amides is 1. The molecule has 1 aliphatic heterocycles. The topological polar surface area (TPSA) is 79.4 Å². The van der Waals surface area contributed by atoms with E-state index in [0.29, 0.717) is 11.4 Å². The van der Waals surface area contributed by atoms with Crippen LogP contribution in [0, 0.1) is 5.82 Å². The number of carbonyl (C=O) groups is 1. The highest BCUT2D eigenvalue weighted by molar-refractivity contribution is 8.00. The monoisotopic (exact) mass is 469 g/mol. The van der Waals surface area contributed by atoms with Crippen LogP contribution in [0.2, 0.25) is 0 Å². The lowest BCUT2D eigenvalue weighted by Gasteiger charge is -2.22. The van der Waals surface area contributed by atoms with E-state index in [2.05, 4.69) is 10.3 Å². The van der Waals surface area contributed by atoms with Gasteiger partial charge in [-0.25, -0.2) is 17.8 Å². The van der Waals surface area contributed by atoms with Gasteiger partial charge in [0, 0.05) is 11.1 Å². The number of sulfonamides is 1. The predicted molar refractivity (Wildman–Crippen MR) is 114 cm³/mol. The van der Waals surface area contributed by atoms with Gasteiger partial charge in [0.1, 0.15) is 21.8 Å². The first kappa shape index (κ1) is 20.5. The summed E-state index contributed by atoms with van der Waals surface area (Å²) in [6.07, 6.45) is 0. The lowest BCUT2D eigenvalue weighted by Crippen LogP contribution is -2.47. The molecule has 0 bridgehead atoms. The van der Waals surface area contributed by atoms with Crippen molar-refractivity contribution in [1.29, 1.82) is 0 Å². The quantitative estimate of drug-likeness (QED) is 0.599. The van der Waals surface area contributed by atoms with Crippen molar-refractivity contribution in [3.05, 3.63) is 58.7 Å². The van der Waals surface area contributed by atoms with Crippen LogP contribution >= 0.6 is 34.4 Å². The van der Waals surface area contributed by atoms with Crippen LogP contribution in [0.4, 0.5) is 4.39 Å². The number of nitrogens with one attached hydrogen (secondary N) is 1. The van der Waals surface area contributed by atoms with E-state index >= 15 is 0 Å². The van der Waals surface area contributed by atoms with Crippen LogP contribution in [0.3, 0.4) is 0 Å². The van der Waals surface area contributed by atoms with Crippen molar-refractivity contribution in [3.63, 3.8) is 0 Å². The van der Waals surface area contributed by atoms with Gasteiger partial charge in [-0.15, -0.1) is 34.4 Å². The summed E-state index contributed by atoms with van der Waals surface area (Å²) >= 11 is 4.40. The number of thioether (sulfide) groups is 1. The van der Waals surface area contributed by atoms with E-state index in [0.717, 1.165) is 20.3 Å². The summed E-state index contributed by atoms with van der Waals surface area (Å²) in [5, 5.41) is 7.48. The number of nitrogens with zero attached hydrogens (tertiary/aromatic N) is 2. The van der Waals surface area contributed by atoms with Crippen molar-refractivity contribution in [2.45, 2.75) is 17.5 Å². The summed E-state index contributed by atoms with van der Waals surface area (Å²) < 4.78 is 40.8. The van der Waals surface area contributed by atoms with E-state index in [1.807, 2.05) is 22.9 Å². The highest BCUT2D eigenvalue weighted by atomic mass is 32.2. The normalized spacial score (nSPS) is 17.5. The average Bonchev–Trinajstić information content (AvgIpc) is 3.47. The number of carbonyl (C=O) groups excluding carboxylic acids is 1. The van der Waals surface area contributed by atoms with Crippen molar-refractivity contribution >= 4 is 50.4 Å². The molecule has 1 aromatic carbocycles. The Kier molecular flexibility index (Phi) is 6.02. The molecule has 152 valence electrons. The fourth-order valence-corrected chi connectivity index (χ4v) is 7.70. The first-order valence-electron chi connectivity index (χ1n) is 8.57. The van der Waals surface area contributed by atoms with Gasteiger partial charge in [0.25, 0.3) is 0 Å². The van der Waals surface area contributed by atoms with Crippen LogP contribution in [-0.2, 0) is 21.4 Å². The zero-order valence-corrected chi connectivity index (χ0v) is 18.2. The molecule has 4 rings (SSSR count). The van der Waals surface area contributed by atoms with Gasteiger partial charge in [-0.2, -0.15) is 4.31 Å². The SMILES string of the molecule is O=C(NCc1csc(-c2cccs2)n1)[C@H]1CSCN1S(=O)(=O)c1ccccc1F. The van der Waals surface area contributed by atoms with Gasteiger partial charge in [-0.1, -0.05) is 18.2 Å². The summed E-state index contributed by atoms with van der Waals surface area (Å²) in [5.74, 6) is -0.821. The standard InChI is InChI=1S/C18H16FN3O3S4/c19-13-4-1-2-6-16(13)29(24,25)22-11-26-10-14(22)17(23)20-8-12-9-28-18(21-12)15-5-3-7-27-15/h1-7,9,14H,8,10-11H2,(H,20,23)/t14-/m1/s1. The third-order valence-corrected chi connectivity index (χ3v) is 9.29. The minimum atomic E-state index is -4.11. The van der Waals surface area contributed by atoms with E-state index in [1.54, 1.807) is 11.3 Å². The van der Waals surface area contributed by atoms with Crippen LogP contribution in [0.5, 0.6) is 0 Å². The smallest absolute Gasteiger partial charge is 0.247 e. The lowest BCUT2D eigenvalue weighted by atomic mass is 10.3. The summed E-state index contributed by atoms with van der Waals surface area (Å²) in [4.78, 5) is 17.8. The maximum Gasteiger partial charge on any atom is 0.247 e. The van der Waals surface area contributed by atoms with Crippen molar-refractivity contribution in [2.24, 2.45) is 0 Å². The molecule has 0 radical (unpaired) electrons. The van der Waals surface area contributed by atoms with E-state index in [4.69, 9.17) is 0 Å². The number of hydrogen-bond acceptors (Lipinski definition) is 7. The molecule has 6 nitrogen and oxygen atoms in total. The molecule has 1 fully saturated rings. The number of hydrogen-bond donors (Lipinski definition) is 1. The fraction of sp³-hybridized carbons (Fsp3) is 0.222. The molecule has 0 aliphatic carbocycles. The molecule has 1 aliphatic rings. The maximum absolute atomic E-state index is 14.0. The summed E-state index contributed by atoms with van der Waals surface area (Å²) in [7, 11) is -4.11. The van der Waals surface area contributed by atoms with Gasteiger partial charge in [0.15, 0.2) is 0 Å². The second-order valence-corrected chi connectivity index (χ2v) is 10.8. The Morgan fingerprint density at radius 3 is 2.83 bits per heavy atom. The summed E-state index contributed by atoms with van der Waals surface area (Å²) in [5.41, 5.74) is 0.709. The van der Waals surface area contributed by atoms with E-state index < -0.39 is 32.7 Å². The molecule has 1 saturated heterocycles. The van der Waals surface area contributed by atoms with Gasteiger partial charge in [0.2, 0.25) is 15.9 Å². The molecule has 0 unspecified atom stereocenters. The molecule has 3 heterocycles. The largest absolute Gasteiger partial charge is 0.349 e. The molecule has 0 saturated carbocycles. The molecule has 1 atom stereocenters. The second kappa shape index (κ2) is 8.52. The Morgan fingerprint density at radius 2 is 2.07 bits per heavy atom. The van der Waals surface area contributed by atoms with Crippen molar-refractivity contribution in [1.82, 2.24) is 14.6 Å². The Morgan fingerprint density at radius 1 is 1.24 bits per heavy atom. The van der Waals surface area contributed by atoms with Crippen LogP contribution in [0.1, 0.15) is 5.69 Å². The summed E-state index contributed by atoms with van der Waals surface area (Å²) in [6.45, 7) is 0.204. The first-order chi connectivity index (χ1) is 14.0. The van der Waals surface area contributed by atoms with Gasteiger partial charge in [-0.05, 0) is 23.6 Å². The fourth-order valence-electron chi connectivity index (χ4n) is 2.85. The molecule has 29 heavy (non-hydrogen) atoms. The second-order valence-electron chi connectivity index (χ2n) is 6.18. The minimum absolute atomic E-state index is 0.105. The number of thiophene rings is 1. The lowest BCUT2D eigenvalue weighted by molar-refractivity contribution is -0.124. The number of halogens is 1. The van der Waals surface area contributed by atoms with E-state index in [1.165, 1.54) is 41.3 Å². The van der Waals surface area contributed by atoms with Crippen LogP contribution in [-0.4, -0.2) is 41.3 Å². The Labute approximate surface area is 179 Å².